The first-order valence-electron chi connectivity index (χ1n) is 4.85. The summed E-state index contributed by atoms with van der Waals surface area (Å²) in [5.74, 6) is -0.464. The van der Waals surface area contributed by atoms with Gasteiger partial charge in [0.05, 0.1) is 25.7 Å². The highest BCUT2D eigenvalue weighted by Crippen LogP contribution is 2.40. The average Bonchev–Trinajstić information content (AvgIpc) is 2.60. The van der Waals surface area contributed by atoms with Gasteiger partial charge in [-0.3, -0.25) is 4.79 Å². The average molecular weight is 198 g/mol. The number of ether oxygens (including phenoxy) is 1. The van der Waals surface area contributed by atoms with Crippen LogP contribution >= 0.6 is 0 Å². The molecule has 1 aliphatic heterocycles. The van der Waals surface area contributed by atoms with Gasteiger partial charge >= 0.3 is 5.97 Å². The molecule has 0 bridgehead atoms. The van der Waals surface area contributed by atoms with Crippen LogP contribution < -0.4 is 0 Å². The molecule has 2 aliphatic rings. The molecule has 2 N–H and O–H groups in total. The topological polar surface area (TPSA) is 66.8 Å². The zero-order chi connectivity index (χ0) is 10.1. The maximum Gasteiger partial charge on any atom is 0.311 e. The minimum atomic E-state index is -0.408. The molecule has 0 aromatic rings. The standard InChI is InChI=1S/C10H14O4/c11-3-6-1-2-7-8(4-12)10(13)14-5-9(6)7/h1,7-9,11-12H,2-5H2/t7-,8-,9-/m1/s1. The zero-order valence-corrected chi connectivity index (χ0v) is 7.85. The molecular weight excluding hydrogens is 184 g/mol. The predicted molar refractivity (Wildman–Crippen MR) is 48.3 cm³/mol. The fraction of sp³-hybridized carbons (Fsp3) is 0.700. The number of carbonyl (C=O) groups excluding carboxylic acids is 1. The lowest BCUT2D eigenvalue weighted by atomic mass is 9.80. The van der Waals surface area contributed by atoms with E-state index in [1.165, 1.54) is 0 Å². The highest BCUT2D eigenvalue weighted by atomic mass is 16.5. The number of allylic oxidation sites excluding steroid dienone is 1. The summed E-state index contributed by atoms with van der Waals surface area (Å²) >= 11 is 0. The van der Waals surface area contributed by atoms with Crippen molar-refractivity contribution in [2.75, 3.05) is 19.8 Å². The molecule has 0 unspecified atom stereocenters. The fourth-order valence-corrected chi connectivity index (χ4v) is 2.40. The molecular formula is C10H14O4. The Balaban J connectivity index is 2.15. The summed E-state index contributed by atoms with van der Waals surface area (Å²) in [7, 11) is 0. The summed E-state index contributed by atoms with van der Waals surface area (Å²) in [4.78, 5) is 11.3. The van der Waals surface area contributed by atoms with Crippen LogP contribution in [0.15, 0.2) is 11.6 Å². The lowest BCUT2D eigenvalue weighted by Crippen LogP contribution is -2.40. The van der Waals surface area contributed by atoms with E-state index in [-0.39, 0.29) is 31.0 Å². The summed E-state index contributed by atoms with van der Waals surface area (Å²) in [5.41, 5.74) is 0.945. The summed E-state index contributed by atoms with van der Waals surface area (Å²) < 4.78 is 4.98. The molecule has 2 rings (SSSR count). The Morgan fingerprint density at radius 2 is 2.29 bits per heavy atom. The minimum absolute atomic E-state index is 0.0247. The smallest absolute Gasteiger partial charge is 0.311 e. The first kappa shape index (κ1) is 9.68. The zero-order valence-electron chi connectivity index (χ0n) is 7.85. The summed E-state index contributed by atoms with van der Waals surface area (Å²) in [6, 6.07) is 0. The van der Waals surface area contributed by atoms with Crippen LogP contribution in [0.5, 0.6) is 0 Å². The fourth-order valence-electron chi connectivity index (χ4n) is 2.40. The minimum Gasteiger partial charge on any atom is -0.465 e. The molecule has 14 heavy (non-hydrogen) atoms. The first-order chi connectivity index (χ1) is 6.77. The Morgan fingerprint density at radius 3 is 2.93 bits per heavy atom. The van der Waals surface area contributed by atoms with Crippen molar-refractivity contribution < 1.29 is 19.7 Å². The van der Waals surface area contributed by atoms with Gasteiger partial charge in [-0.15, -0.1) is 0 Å². The molecule has 1 aliphatic carbocycles. The van der Waals surface area contributed by atoms with Crippen molar-refractivity contribution >= 4 is 5.97 Å². The second-order valence-corrected chi connectivity index (χ2v) is 3.86. The van der Waals surface area contributed by atoms with E-state index in [0.29, 0.717) is 6.61 Å². The normalized spacial score (nSPS) is 36.3. The predicted octanol–water partition coefficient (Wildman–Crippen LogP) is -0.294. The van der Waals surface area contributed by atoms with Crippen LogP contribution in [0.2, 0.25) is 0 Å². The monoisotopic (exact) mass is 198 g/mol. The lowest BCUT2D eigenvalue weighted by Gasteiger charge is -2.32. The molecule has 0 aromatic heterocycles. The van der Waals surface area contributed by atoms with Crippen LogP contribution in [-0.2, 0) is 9.53 Å². The van der Waals surface area contributed by atoms with E-state index >= 15 is 0 Å². The molecule has 0 spiro atoms. The van der Waals surface area contributed by atoms with Gasteiger partial charge < -0.3 is 14.9 Å². The van der Waals surface area contributed by atoms with E-state index < -0.39 is 5.92 Å². The van der Waals surface area contributed by atoms with Crippen molar-refractivity contribution in [1.29, 1.82) is 0 Å². The van der Waals surface area contributed by atoms with Gasteiger partial charge in [0.1, 0.15) is 0 Å². The van der Waals surface area contributed by atoms with Crippen molar-refractivity contribution in [2.45, 2.75) is 6.42 Å². The molecule has 0 amide bonds. The SMILES string of the molecule is O=C1OC[C@@H]2C(CO)=CC[C@@H]2[C@H]1CO. The van der Waals surface area contributed by atoms with Crippen molar-refractivity contribution in [2.24, 2.45) is 17.8 Å². The van der Waals surface area contributed by atoms with E-state index in [0.717, 1.165) is 12.0 Å². The van der Waals surface area contributed by atoms with Gasteiger partial charge in [-0.05, 0) is 17.9 Å². The quantitative estimate of drug-likeness (QED) is 0.472. The second-order valence-electron chi connectivity index (χ2n) is 3.86. The van der Waals surface area contributed by atoms with Crippen molar-refractivity contribution in [3.05, 3.63) is 11.6 Å². The molecule has 78 valence electrons. The Kier molecular flexibility index (Phi) is 2.56. The Bertz CT molecular complexity index is 271. The third-order valence-corrected chi connectivity index (χ3v) is 3.25. The number of carbonyl (C=O) groups is 1. The summed E-state index contributed by atoms with van der Waals surface area (Å²) in [5, 5.41) is 18.1. The molecule has 0 aromatic carbocycles. The molecule has 1 heterocycles. The number of hydrogen-bond acceptors (Lipinski definition) is 4. The van der Waals surface area contributed by atoms with E-state index in [2.05, 4.69) is 0 Å². The van der Waals surface area contributed by atoms with E-state index in [1.54, 1.807) is 0 Å². The third kappa shape index (κ3) is 1.35. The van der Waals surface area contributed by atoms with Crippen LogP contribution in [0.25, 0.3) is 0 Å². The lowest BCUT2D eigenvalue weighted by molar-refractivity contribution is -0.161. The highest BCUT2D eigenvalue weighted by Gasteiger charge is 2.43. The maximum atomic E-state index is 11.3. The number of esters is 1. The number of aliphatic hydroxyl groups is 2. The van der Waals surface area contributed by atoms with Gasteiger partial charge in [-0.1, -0.05) is 6.08 Å². The number of cyclic esters (lactones) is 1. The number of hydrogen-bond donors (Lipinski definition) is 2. The van der Waals surface area contributed by atoms with Gasteiger partial charge in [-0.2, -0.15) is 0 Å². The summed E-state index contributed by atoms with van der Waals surface area (Å²) in [6.45, 7) is 0.218. The molecule has 1 fully saturated rings. The van der Waals surface area contributed by atoms with Crippen LogP contribution in [0.3, 0.4) is 0 Å². The van der Waals surface area contributed by atoms with E-state index in [4.69, 9.17) is 14.9 Å². The Hall–Kier alpha value is -0.870. The van der Waals surface area contributed by atoms with Gasteiger partial charge in [0, 0.05) is 5.92 Å². The Labute approximate surface area is 82.2 Å². The van der Waals surface area contributed by atoms with Crippen molar-refractivity contribution in [3.63, 3.8) is 0 Å². The number of aliphatic hydroxyl groups excluding tert-OH is 2. The molecule has 3 atom stereocenters. The van der Waals surface area contributed by atoms with Gasteiger partial charge in [0.25, 0.3) is 0 Å². The number of fused-ring (bicyclic) bond motifs is 1. The van der Waals surface area contributed by atoms with Gasteiger partial charge in [-0.25, -0.2) is 0 Å². The van der Waals surface area contributed by atoms with Gasteiger partial charge in [0.2, 0.25) is 0 Å². The molecule has 4 nitrogen and oxygen atoms in total. The molecule has 1 saturated heterocycles. The van der Waals surface area contributed by atoms with Gasteiger partial charge in [0.15, 0.2) is 0 Å². The third-order valence-electron chi connectivity index (χ3n) is 3.25. The molecule has 4 heteroatoms. The van der Waals surface area contributed by atoms with Crippen LogP contribution in [-0.4, -0.2) is 36.0 Å². The second kappa shape index (κ2) is 3.71. The van der Waals surface area contributed by atoms with Crippen LogP contribution in [0, 0.1) is 17.8 Å². The van der Waals surface area contributed by atoms with Crippen LogP contribution in [0.1, 0.15) is 6.42 Å². The van der Waals surface area contributed by atoms with Crippen molar-refractivity contribution in [1.82, 2.24) is 0 Å². The molecule has 0 radical (unpaired) electrons. The Morgan fingerprint density at radius 1 is 1.50 bits per heavy atom. The largest absolute Gasteiger partial charge is 0.465 e. The van der Waals surface area contributed by atoms with E-state index in [9.17, 15) is 4.79 Å². The number of rotatable bonds is 2. The maximum absolute atomic E-state index is 11.3. The highest BCUT2D eigenvalue weighted by molar-refractivity contribution is 5.74. The van der Waals surface area contributed by atoms with Crippen molar-refractivity contribution in [3.8, 4) is 0 Å². The first-order valence-corrected chi connectivity index (χ1v) is 4.85. The van der Waals surface area contributed by atoms with E-state index in [1.807, 2.05) is 6.08 Å². The summed E-state index contributed by atoms with van der Waals surface area (Å²) in [6.07, 6.45) is 2.72. The molecule has 0 saturated carbocycles. The van der Waals surface area contributed by atoms with Crippen LogP contribution in [0.4, 0.5) is 0 Å².